The summed E-state index contributed by atoms with van der Waals surface area (Å²) in [5, 5.41) is 10.2. The van der Waals surface area contributed by atoms with Crippen LogP contribution in [-0.4, -0.2) is 29.9 Å². The van der Waals surface area contributed by atoms with Crippen LogP contribution in [0.2, 0.25) is 0 Å². The first-order valence-electron chi connectivity index (χ1n) is 6.91. The van der Waals surface area contributed by atoms with E-state index in [-0.39, 0.29) is 27.9 Å². The molecule has 0 spiro atoms. The summed E-state index contributed by atoms with van der Waals surface area (Å²) in [4.78, 5) is 24.5. The van der Waals surface area contributed by atoms with Gasteiger partial charge in [-0.1, -0.05) is 12.1 Å². The van der Waals surface area contributed by atoms with Gasteiger partial charge >= 0.3 is 5.97 Å². The molecule has 1 aromatic heterocycles. The highest BCUT2D eigenvalue weighted by atomic mass is 16.5. The van der Waals surface area contributed by atoms with Crippen molar-refractivity contribution in [1.82, 2.24) is 4.57 Å². The first-order chi connectivity index (χ1) is 11.0. The molecule has 0 atom stereocenters. The number of ether oxygens (including phenoxy) is 2. The Hall–Kier alpha value is -3.02. The molecule has 1 heterocycles. The highest BCUT2D eigenvalue weighted by molar-refractivity contribution is 6.05. The van der Waals surface area contributed by atoms with Crippen LogP contribution in [0.1, 0.15) is 10.4 Å². The first kappa shape index (κ1) is 14.9. The van der Waals surface area contributed by atoms with Crippen LogP contribution >= 0.6 is 0 Å². The molecule has 6 nitrogen and oxygen atoms in total. The second-order valence-corrected chi connectivity index (χ2v) is 5.09. The third kappa shape index (κ3) is 2.03. The number of aromatic nitrogens is 1. The standard InChI is InChI=1S/C17H15NO5/c1-18-10-7-5-4-6-9(10)15(19)13-11(18)8-12(22-2)14(17(20)21)16(13)23-3/h4-8H,1-3H3,(H,20,21). The third-order valence-electron chi connectivity index (χ3n) is 3.96. The number of carboxylic acid groups (broad SMARTS) is 1. The van der Waals surface area contributed by atoms with E-state index in [4.69, 9.17) is 9.47 Å². The molecule has 1 N–H and O–H groups in total. The molecular formula is C17H15NO5. The highest BCUT2D eigenvalue weighted by Gasteiger charge is 2.24. The molecule has 0 radical (unpaired) electrons. The van der Waals surface area contributed by atoms with Gasteiger partial charge in [0.05, 0.1) is 30.6 Å². The maximum absolute atomic E-state index is 12.9. The largest absolute Gasteiger partial charge is 0.496 e. The average Bonchev–Trinajstić information content (AvgIpc) is 2.57. The SMILES string of the molecule is COc1cc2c(c(OC)c1C(=O)O)c(=O)c1ccccc1n2C. The summed E-state index contributed by atoms with van der Waals surface area (Å²) < 4.78 is 12.3. The van der Waals surface area contributed by atoms with E-state index < -0.39 is 5.97 Å². The molecule has 3 rings (SSSR count). The Morgan fingerprint density at radius 1 is 1.13 bits per heavy atom. The molecule has 0 aliphatic carbocycles. The van der Waals surface area contributed by atoms with E-state index in [2.05, 4.69) is 0 Å². The van der Waals surface area contributed by atoms with Crippen LogP contribution in [0.4, 0.5) is 0 Å². The summed E-state index contributed by atoms with van der Waals surface area (Å²) >= 11 is 0. The number of benzene rings is 2. The van der Waals surface area contributed by atoms with Crippen molar-refractivity contribution >= 4 is 27.8 Å². The molecule has 0 aliphatic rings. The Kier molecular flexibility index (Phi) is 3.44. The number of methoxy groups -OCH3 is 2. The molecule has 118 valence electrons. The molecule has 0 unspecified atom stereocenters. The summed E-state index contributed by atoms with van der Waals surface area (Å²) in [7, 11) is 4.53. The average molecular weight is 313 g/mol. The molecule has 3 aromatic rings. The molecule has 0 amide bonds. The summed E-state index contributed by atoms with van der Waals surface area (Å²) in [5.41, 5.74) is 0.871. The van der Waals surface area contributed by atoms with Crippen molar-refractivity contribution in [2.75, 3.05) is 14.2 Å². The molecule has 0 bridgehead atoms. The van der Waals surface area contributed by atoms with Crippen molar-refractivity contribution in [1.29, 1.82) is 0 Å². The van der Waals surface area contributed by atoms with Crippen LogP contribution in [-0.2, 0) is 7.05 Å². The number of carbonyl (C=O) groups is 1. The molecule has 2 aromatic carbocycles. The van der Waals surface area contributed by atoms with Crippen molar-refractivity contribution in [3.63, 3.8) is 0 Å². The number of fused-ring (bicyclic) bond motifs is 2. The molecule has 0 saturated carbocycles. The fourth-order valence-electron chi connectivity index (χ4n) is 2.90. The number of hydrogen-bond donors (Lipinski definition) is 1. The minimum atomic E-state index is -1.21. The van der Waals surface area contributed by atoms with Gasteiger partial charge in [-0.05, 0) is 12.1 Å². The fourth-order valence-corrected chi connectivity index (χ4v) is 2.90. The predicted molar refractivity (Wildman–Crippen MR) is 86.8 cm³/mol. The third-order valence-corrected chi connectivity index (χ3v) is 3.96. The van der Waals surface area contributed by atoms with Crippen molar-refractivity contribution < 1.29 is 19.4 Å². The summed E-state index contributed by atoms with van der Waals surface area (Å²) in [6, 6.07) is 8.70. The van der Waals surface area contributed by atoms with Crippen LogP contribution in [0, 0.1) is 0 Å². The van der Waals surface area contributed by atoms with Crippen molar-refractivity contribution in [2.24, 2.45) is 7.05 Å². The maximum atomic E-state index is 12.9. The van der Waals surface area contributed by atoms with Gasteiger partial charge in [-0.25, -0.2) is 4.79 Å². The quantitative estimate of drug-likeness (QED) is 0.751. The zero-order valence-electron chi connectivity index (χ0n) is 12.9. The lowest BCUT2D eigenvalue weighted by atomic mass is 10.0. The Balaban J connectivity index is 2.67. The van der Waals surface area contributed by atoms with Crippen LogP contribution < -0.4 is 14.9 Å². The minimum absolute atomic E-state index is 0.0122. The summed E-state index contributed by atoms with van der Waals surface area (Å²) in [6.45, 7) is 0. The van der Waals surface area contributed by atoms with Gasteiger partial charge in [0.1, 0.15) is 17.1 Å². The van der Waals surface area contributed by atoms with E-state index in [1.807, 2.05) is 23.7 Å². The van der Waals surface area contributed by atoms with Gasteiger partial charge in [0, 0.05) is 18.5 Å². The molecule has 0 aliphatic heterocycles. The lowest BCUT2D eigenvalue weighted by molar-refractivity contribution is 0.0690. The maximum Gasteiger partial charge on any atom is 0.343 e. The Bertz CT molecular complexity index is 1000. The van der Waals surface area contributed by atoms with Crippen molar-refractivity contribution in [2.45, 2.75) is 0 Å². The molecule has 0 saturated heterocycles. The number of rotatable bonds is 3. The van der Waals surface area contributed by atoms with Gasteiger partial charge in [-0.15, -0.1) is 0 Å². The zero-order chi connectivity index (χ0) is 16.7. The molecule has 6 heteroatoms. The number of pyridine rings is 1. The minimum Gasteiger partial charge on any atom is -0.496 e. The second kappa shape index (κ2) is 5.31. The number of carboxylic acids is 1. The second-order valence-electron chi connectivity index (χ2n) is 5.09. The molecular weight excluding hydrogens is 298 g/mol. The summed E-state index contributed by atoms with van der Waals surface area (Å²) in [6.07, 6.45) is 0. The Morgan fingerprint density at radius 2 is 1.83 bits per heavy atom. The lowest BCUT2D eigenvalue weighted by Gasteiger charge is -2.16. The van der Waals surface area contributed by atoms with E-state index in [9.17, 15) is 14.7 Å². The van der Waals surface area contributed by atoms with Gasteiger partial charge < -0.3 is 19.1 Å². The number of aromatic carboxylic acids is 1. The van der Waals surface area contributed by atoms with Gasteiger partial charge in [0.2, 0.25) is 5.43 Å². The number of para-hydroxylation sites is 1. The van der Waals surface area contributed by atoms with Gasteiger partial charge in [-0.2, -0.15) is 0 Å². The van der Waals surface area contributed by atoms with Crippen LogP contribution in [0.5, 0.6) is 11.5 Å². The predicted octanol–water partition coefficient (Wildman–Crippen LogP) is 2.41. The van der Waals surface area contributed by atoms with Gasteiger partial charge in [0.25, 0.3) is 0 Å². The van der Waals surface area contributed by atoms with Crippen LogP contribution in [0.25, 0.3) is 21.8 Å². The topological polar surface area (TPSA) is 77.8 Å². The molecule has 0 fully saturated rings. The summed E-state index contributed by atoms with van der Waals surface area (Å²) in [5.74, 6) is -1.05. The van der Waals surface area contributed by atoms with E-state index >= 15 is 0 Å². The first-order valence-corrected chi connectivity index (χ1v) is 6.91. The Labute approximate surface area is 131 Å². The van der Waals surface area contributed by atoms with E-state index in [0.29, 0.717) is 10.9 Å². The monoisotopic (exact) mass is 313 g/mol. The zero-order valence-corrected chi connectivity index (χ0v) is 12.9. The van der Waals surface area contributed by atoms with E-state index in [1.54, 1.807) is 18.2 Å². The number of aryl methyl sites for hydroxylation is 1. The smallest absolute Gasteiger partial charge is 0.343 e. The normalized spacial score (nSPS) is 10.9. The van der Waals surface area contributed by atoms with Gasteiger partial charge in [0.15, 0.2) is 0 Å². The fraction of sp³-hybridized carbons (Fsp3) is 0.176. The van der Waals surface area contributed by atoms with Crippen molar-refractivity contribution in [3.05, 3.63) is 46.1 Å². The Morgan fingerprint density at radius 3 is 2.43 bits per heavy atom. The number of hydrogen-bond acceptors (Lipinski definition) is 4. The van der Waals surface area contributed by atoms with Crippen LogP contribution in [0.3, 0.4) is 0 Å². The lowest BCUT2D eigenvalue weighted by Crippen LogP contribution is -2.13. The van der Waals surface area contributed by atoms with E-state index in [0.717, 1.165) is 5.52 Å². The molecule has 23 heavy (non-hydrogen) atoms. The highest BCUT2D eigenvalue weighted by Crippen LogP contribution is 2.36. The van der Waals surface area contributed by atoms with Crippen molar-refractivity contribution in [3.8, 4) is 11.5 Å². The van der Waals surface area contributed by atoms with E-state index in [1.165, 1.54) is 14.2 Å². The van der Waals surface area contributed by atoms with Crippen LogP contribution in [0.15, 0.2) is 35.1 Å². The van der Waals surface area contributed by atoms with Gasteiger partial charge in [-0.3, -0.25) is 4.79 Å². The number of nitrogens with zero attached hydrogens (tertiary/aromatic N) is 1.